The zero-order valence-corrected chi connectivity index (χ0v) is 11.2. The lowest BCUT2D eigenvalue weighted by Crippen LogP contribution is -2.38. The summed E-state index contributed by atoms with van der Waals surface area (Å²) >= 11 is 0. The number of benzene rings is 2. The largest absolute Gasteiger partial charge is 0.390 e. The first-order chi connectivity index (χ1) is 10.2. The van der Waals surface area contributed by atoms with Crippen molar-refractivity contribution in [3.05, 3.63) is 70.8 Å². The van der Waals surface area contributed by atoms with Crippen molar-refractivity contribution < 1.29 is 14.7 Å². The maximum absolute atomic E-state index is 12.5. The van der Waals surface area contributed by atoms with E-state index in [1.54, 1.807) is 24.3 Å². The lowest BCUT2D eigenvalue weighted by molar-refractivity contribution is 0.0382. The van der Waals surface area contributed by atoms with Gasteiger partial charge in [0, 0.05) is 6.42 Å². The number of hydrogen-bond donors (Lipinski definition) is 1. The molecule has 0 fully saturated rings. The first kappa shape index (κ1) is 12.3. The van der Waals surface area contributed by atoms with Crippen LogP contribution in [0.3, 0.4) is 0 Å². The van der Waals surface area contributed by atoms with Gasteiger partial charge in [-0.05, 0) is 23.3 Å². The fraction of sp³-hybridized carbons (Fsp3) is 0.176. The number of carbonyl (C=O) groups excluding carboxylic acids is 2. The highest BCUT2D eigenvalue weighted by molar-refractivity contribution is 6.21. The highest BCUT2D eigenvalue weighted by Crippen LogP contribution is 2.40. The molecule has 2 aromatic rings. The number of fused-ring (bicyclic) bond motifs is 2. The minimum Gasteiger partial charge on any atom is -0.390 e. The van der Waals surface area contributed by atoms with Gasteiger partial charge in [0.2, 0.25) is 0 Å². The Morgan fingerprint density at radius 2 is 1.48 bits per heavy atom. The molecule has 1 heterocycles. The summed E-state index contributed by atoms with van der Waals surface area (Å²) in [7, 11) is 0. The number of aliphatic hydroxyl groups is 1. The van der Waals surface area contributed by atoms with E-state index < -0.39 is 12.1 Å². The summed E-state index contributed by atoms with van der Waals surface area (Å²) in [5.41, 5.74) is 2.68. The van der Waals surface area contributed by atoms with Gasteiger partial charge in [-0.15, -0.1) is 0 Å². The Labute approximate surface area is 121 Å². The molecule has 0 aromatic heterocycles. The van der Waals surface area contributed by atoms with Crippen molar-refractivity contribution in [2.24, 2.45) is 0 Å². The first-order valence-corrected chi connectivity index (χ1v) is 6.91. The summed E-state index contributed by atoms with van der Waals surface area (Å²) in [5.74, 6) is -0.646. The molecule has 0 spiro atoms. The maximum Gasteiger partial charge on any atom is 0.262 e. The quantitative estimate of drug-likeness (QED) is 0.812. The van der Waals surface area contributed by atoms with E-state index in [0.29, 0.717) is 17.5 Å². The van der Waals surface area contributed by atoms with Crippen LogP contribution >= 0.6 is 0 Å². The molecule has 1 aliphatic heterocycles. The lowest BCUT2D eigenvalue weighted by atomic mass is 10.1. The molecule has 1 N–H and O–H groups in total. The number of hydrogen-bond acceptors (Lipinski definition) is 3. The predicted molar refractivity (Wildman–Crippen MR) is 75.8 cm³/mol. The SMILES string of the molecule is O=C1c2ccccc2C(=O)N1[C@@H]1c2ccccc2C[C@@H]1O. The molecule has 0 bridgehead atoms. The molecule has 21 heavy (non-hydrogen) atoms. The summed E-state index contributed by atoms with van der Waals surface area (Å²) in [4.78, 5) is 26.3. The first-order valence-electron chi connectivity index (χ1n) is 6.91. The van der Waals surface area contributed by atoms with Gasteiger partial charge in [-0.1, -0.05) is 36.4 Å². The standard InChI is InChI=1S/C17H13NO3/c19-14-9-10-5-1-2-6-11(10)15(14)18-16(20)12-7-3-4-8-13(12)17(18)21/h1-8,14-15,19H,9H2/t14-,15+/m0/s1. The monoisotopic (exact) mass is 279 g/mol. The van der Waals surface area contributed by atoms with E-state index in [1.807, 2.05) is 24.3 Å². The van der Waals surface area contributed by atoms with Crippen LogP contribution in [0.15, 0.2) is 48.5 Å². The van der Waals surface area contributed by atoms with Crippen LogP contribution in [0.4, 0.5) is 0 Å². The molecule has 4 rings (SSSR count). The average Bonchev–Trinajstić information content (AvgIpc) is 2.95. The topological polar surface area (TPSA) is 57.6 Å². The van der Waals surface area contributed by atoms with E-state index in [9.17, 15) is 14.7 Å². The van der Waals surface area contributed by atoms with E-state index in [0.717, 1.165) is 11.1 Å². The van der Waals surface area contributed by atoms with Crippen LogP contribution in [-0.4, -0.2) is 27.9 Å². The van der Waals surface area contributed by atoms with Crippen molar-refractivity contribution in [1.82, 2.24) is 4.90 Å². The third kappa shape index (κ3) is 1.59. The summed E-state index contributed by atoms with van der Waals surface area (Å²) < 4.78 is 0. The minimum atomic E-state index is -0.746. The summed E-state index contributed by atoms with van der Waals surface area (Å²) in [6.45, 7) is 0. The molecular weight excluding hydrogens is 266 g/mol. The molecule has 2 atom stereocenters. The van der Waals surface area contributed by atoms with Crippen LogP contribution in [0.2, 0.25) is 0 Å². The van der Waals surface area contributed by atoms with Gasteiger partial charge >= 0.3 is 0 Å². The molecule has 4 heteroatoms. The molecule has 104 valence electrons. The van der Waals surface area contributed by atoms with Crippen molar-refractivity contribution in [3.8, 4) is 0 Å². The van der Waals surface area contributed by atoms with E-state index in [-0.39, 0.29) is 11.8 Å². The van der Waals surface area contributed by atoms with Crippen molar-refractivity contribution in [2.75, 3.05) is 0 Å². The molecular formula is C17H13NO3. The lowest BCUT2D eigenvalue weighted by Gasteiger charge is -2.25. The minimum absolute atomic E-state index is 0.323. The Hall–Kier alpha value is -2.46. The number of amides is 2. The number of imide groups is 1. The molecule has 4 nitrogen and oxygen atoms in total. The Morgan fingerprint density at radius 1 is 0.905 bits per heavy atom. The second kappa shape index (κ2) is 4.27. The van der Waals surface area contributed by atoms with Gasteiger partial charge in [0.15, 0.2) is 0 Å². The van der Waals surface area contributed by atoms with E-state index in [4.69, 9.17) is 0 Å². The Bertz CT molecular complexity index is 733. The third-order valence-electron chi connectivity index (χ3n) is 4.27. The number of nitrogens with zero attached hydrogens (tertiary/aromatic N) is 1. The highest BCUT2D eigenvalue weighted by atomic mass is 16.3. The van der Waals surface area contributed by atoms with Crippen molar-refractivity contribution in [1.29, 1.82) is 0 Å². The summed E-state index contributed by atoms with van der Waals surface area (Å²) in [5, 5.41) is 10.3. The van der Waals surface area contributed by atoms with Crippen LogP contribution in [0.25, 0.3) is 0 Å². The molecule has 2 aromatic carbocycles. The molecule has 2 aliphatic rings. The average molecular weight is 279 g/mol. The fourth-order valence-corrected chi connectivity index (χ4v) is 3.32. The molecule has 2 amide bonds. The maximum atomic E-state index is 12.5. The van der Waals surface area contributed by atoms with Gasteiger partial charge in [0.1, 0.15) is 0 Å². The molecule has 0 radical (unpaired) electrons. The van der Waals surface area contributed by atoms with Gasteiger partial charge < -0.3 is 5.11 Å². The Kier molecular flexibility index (Phi) is 2.50. The van der Waals surface area contributed by atoms with E-state index in [2.05, 4.69) is 0 Å². The summed E-state index contributed by atoms with van der Waals surface area (Å²) in [6, 6.07) is 13.8. The van der Waals surface area contributed by atoms with Crippen molar-refractivity contribution in [2.45, 2.75) is 18.6 Å². The van der Waals surface area contributed by atoms with Crippen LogP contribution in [0.1, 0.15) is 37.9 Å². The van der Waals surface area contributed by atoms with E-state index in [1.165, 1.54) is 4.90 Å². The van der Waals surface area contributed by atoms with Gasteiger partial charge in [-0.2, -0.15) is 0 Å². The second-order valence-corrected chi connectivity index (χ2v) is 5.44. The Balaban J connectivity index is 1.83. The van der Waals surface area contributed by atoms with Gasteiger partial charge in [-0.3, -0.25) is 14.5 Å². The molecule has 0 unspecified atom stereocenters. The van der Waals surface area contributed by atoms with Crippen LogP contribution < -0.4 is 0 Å². The van der Waals surface area contributed by atoms with Gasteiger partial charge in [0.25, 0.3) is 11.8 Å². The Morgan fingerprint density at radius 3 is 2.14 bits per heavy atom. The van der Waals surface area contributed by atoms with Crippen molar-refractivity contribution in [3.63, 3.8) is 0 Å². The second-order valence-electron chi connectivity index (χ2n) is 5.44. The van der Waals surface area contributed by atoms with Gasteiger partial charge in [0.05, 0.1) is 23.3 Å². The van der Waals surface area contributed by atoms with Crippen LogP contribution in [0.5, 0.6) is 0 Å². The number of aliphatic hydroxyl groups excluding tert-OH is 1. The third-order valence-corrected chi connectivity index (χ3v) is 4.27. The van der Waals surface area contributed by atoms with Crippen molar-refractivity contribution >= 4 is 11.8 Å². The smallest absolute Gasteiger partial charge is 0.262 e. The van der Waals surface area contributed by atoms with Crippen LogP contribution in [-0.2, 0) is 6.42 Å². The number of carbonyl (C=O) groups is 2. The summed E-state index contributed by atoms with van der Waals surface area (Å²) in [6.07, 6.45) is -0.279. The zero-order valence-electron chi connectivity index (χ0n) is 11.2. The normalized spacial score (nSPS) is 23.4. The fourth-order valence-electron chi connectivity index (χ4n) is 3.32. The highest BCUT2D eigenvalue weighted by Gasteiger charge is 2.45. The van der Waals surface area contributed by atoms with E-state index >= 15 is 0 Å². The van der Waals surface area contributed by atoms with Crippen LogP contribution in [0, 0.1) is 0 Å². The zero-order chi connectivity index (χ0) is 14.6. The van der Waals surface area contributed by atoms with Gasteiger partial charge in [-0.25, -0.2) is 0 Å². The number of rotatable bonds is 1. The molecule has 0 saturated heterocycles. The molecule has 0 saturated carbocycles. The molecule has 1 aliphatic carbocycles. The predicted octanol–water partition coefficient (Wildman–Crippen LogP) is 1.94.